The molecule has 0 saturated carbocycles. The highest BCUT2D eigenvalue weighted by Gasteiger charge is 2.17. The van der Waals surface area contributed by atoms with Gasteiger partial charge >= 0.3 is 5.97 Å². The Morgan fingerprint density at radius 2 is 1.43 bits per heavy atom. The first-order valence-corrected chi connectivity index (χ1v) is 8.01. The molecule has 0 unspecified atom stereocenters. The highest BCUT2D eigenvalue weighted by Crippen LogP contribution is 2.32. The monoisotopic (exact) mass is 290 g/mol. The van der Waals surface area contributed by atoms with E-state index in [2.05, 4.69) is 53.7 Å². The van der Waals surface area contributed by atoms with E-state index in [1.54, 1.807) is 0 Å². The Bertz CT molecular complexity index is 455. The largest absolute Gasteiger partial charge is 0.469 e. The maximum atomic E-state index is 11.5. The van der Waals surface area contributed by atoms with Crippen LogP contribution in [-0.4, -0.2) is 13.1 Å². The van der Waals surface area contributed by atoms with Gasteiger partial charge in [-0.3, -0.25) is 4.79 Å². The number of carbonyl (C=O) groups excluding carboxylic acids is 1. The van der Waals surface area contributed by atoms with Crippen LogP contribution in [0.15, 0.2) is 12.1 Å². The SMILES string of the molecule is COC(=O)CCc1c(C(C)C)cc(C(C)C)cc1C(C)C. The van der Waals surface area contributed by atoms with Crippen LogP contribution in [-0.2, 0) is 16.0 Å². The number of hydrogen-bond acceptors (Lipinski definition) is 2. The van der Waals surface area contributed by atoms with Crippen molar-refractivity contribution in [2.24, 2.45) is 0 Å². The smallest absolute Gasteiger partial charge is 0.305 e. The summed E-state index contributed by atoms with van der Waals surface area (Å²) in [4.78, 5) is 11.5. The van der Waals surface area contributed by atoms with Gasteiger partial charge in [0.2, 0.25) is 0 Å². The fourth-order valence-electron chi connectivity index (χ4n) is 2.72. The lowest BCUT2D eigenvalue weighted by atomic mass is 9.83. The van der Waals surface area contributed by atoms with Gasteiger partial charge in [-0.2, -0.15) is 0 Å². The molecule has 1 aromatic rings. The molecule has 0 N–H and O–H groups in total. The lowest BCUT2D eigenvalue weighted by molar-refractivity contribution is -0.140. The first-order chi connectivity index (χ1) is 9.77. The molecule has 0 aliphatic carbocycles. The van der Waals surface area contributed by atoms with Crippen LogP contribution in [0.4, 0.5) is 0 Å². The molecule has 0 fully saturated rings. The molecule has 0 aliphatic rings. The van der Waals surface area contributed by atoms with Crippen molar-refractivity contribution in [2.75, 3.05) is 7.11 Å². The van der Waals surface area contributed by atoms with Crippen molar-refractivity contribution < 1.29 is 9.53 Å². The van der Waals surface area contributed by atoms with Crippen LogP contribution in [0.1, 0.15) is 88.0 Å². The molecule has 1 aromatic carbocycles. The van der Waals surface area contributed by atoms with Crippen LogP contribution in [0.2, 0.25) is 0 Å². The van der Waals surface area contributed by atoms with Crippen molar-refractivity contribution in [3.63, 3.8) is 0 Å². The first kappa shape index (κ1) is 17.7. The molecule has 2 heteroatoms. The predicted molar refractivity (Wildman–Crippen MR) is 89.0 cm³/mol. The molecule has 118 valence electrons. The summed E-state index contributed by atoms with van der Waals surface area (Å²) in [6, 6.07) is 4.65. The van der Waals surface area contributed by atoms with Crippen molar-refractivity contribution >= 4 is 5.97 Å². The molecule has 0 atom stereocenters. The van der Waals surface area contributed by atoms with Gasteiger partial charge in [-0.15, -0.1) is 0 Å². The summed E-state index contributed by atoms with van der Waals surface area (Å²) >= 11 is 0. The van der Waals surface area contributed by atoms with Gasteiger partial charge in [0.1, 0.15) is 0 Å². The molecule has 0 saturated heterocycles. The minimum atomic E-state index is -0.132. The zero-order chi connectivity index (χ0) is 16.2. The van der Waals surface area contributed by atoms with E-state index in [-0.39, 0.29) is 5.97 Å². The number of carbonyl (C=O) groups is 1. The molecule has 0 bridgehead atoms. The summed E-state index contributed by atoms with van der Waals surface area (Å²) in [6.07, 6.45) is 1.23. The second-order valence-electron chi connectivity index (χ2n) is 6.72. The highest BCUT2D eigenvalue weighted by molar-refractivity contribution is 5.69. The third kappa shape index (κ3) is 4.59. The van der Waals surface area contributed by atoms with E-state index in [0.717, 1.165) is 6.42 Å². The van der Waals surface area contributed by atoms with E-state index < -0.39 is 0 Å². The van der Waals surface area contributed by atoms with Crippen LogP contribution in [0.5, 0.6) is 0 Å². The molecule has 21 heavy (non-hydrogen) atoms. The summed E-state index contributed by atoms with van der Waals surface area (Å²) in [5, 5.41) is 0. The summed E-state index contributed by atoms with van der Waals surface area (Å²) in [7, 11) is 1.46. The van der Waals surface area contributed by atoms with Crippen molar-refractivity contribution in [3.05, 3.63) is 34.4 Å². The number of rotatable bonds is 6. The van der Waals surface area contributed by atoms with E-state index in [1.165, 1.54) is 29.4 Å². The fraction of sp³-hybridized carbons (Fsp3) is 0.632. The second kappa shape index (κ2) is 7.63. The third-order valence-corrected chi connectivity index (χ3v) is 4.06. The quantitative estimate of drug-likeness (QED) is 0.676. The van der Waals surface area contributed by atoms with Crippen molar-refractivity contribution in [1.29, 1.82) is 0 Å². The van der Waals surface area contributed by atoms with Gasteiger partial charge in [-0.25, -0.2) is 0 Å². The van der Waals surface area contributed by atoms with Crippen LogP contribution in [0.25, 0.3) is 0 Å². The average molecular weight is 290 g/mol. The average Bonchev–Trinajstić information content (AvgIpc) is 2.43. The third-order valence-electron chi connectivity index (χ3n) is 4.06. The molecule has 1 rings (SSSR count). The van der Waals surface area contributed by atoms with Crippen molar-refractivity contribution in [1.82, 2.24) is 0 Å². The van der Waals surface area contributed by atoms with Gasteiger partial charge in [-0.1, -0.05) is 53.7 Å². The van der Waals surface area contributed by atoms with E-state index in [4.69, 9.17) is 4.74 Å². The summed E-state index contributed by atoms with van der Waals surface area (Å²) < 4.78 is 4.80. The fourth-order valence-corrected chi connectivity index (χ4v) is 2.72. The minimum absolute atomic E-state index is 0.132. The van der Waals surface area contributed by atoms with Gasteiger partial charge in [0, 0.05) is 6.42 Å². The molecule has 0 heterocycles. The van der Waals surface area contributed by atoms with Crippen LogP contribution < -0.4 is 0 Å². The standard InChI is InChI=1S/C19H30O2/c1-12(2)15-10-17(13(3)4)16(8-9-19(20)21-7)18(11-15)14(5)6/h10-14H,8-9H2,1-7H3. The second-order valence-corrected chi connectivity index (χ2v) is 6.72. The van der Waals surface area contributed by atoms with Gasteiger partial charge in [0.15, 0.2) is 0 Å². The van der Waals surface area contributed by atoms with Crippen LogP contribution >= 0.6 is 0 Å². The zero-order valence-corrected chi connectivity index (χ0v) is 14.6. The van der Waals surface area contributed by atoms with Crippen LogP contribution in [0.3, 0.4) is 0 Å². The Kier molecular flexibility index (Phi) is 6.44. The Balaban J connectivity index is 3.32. The molecular weight excluding hydrogens is 260 g/mol. The zero-order valence-electron chi connectivity index (χ0n) is 14.6. The molecule has 0 spiro atoms. The maximum Gasteiger partial charge on any atom is 0.305 e. The van der Waals surface area contributed by atoms with Crippen molar-refractivity contribution in [3.8, 4) is 0 Å². The highest BCUT2D eigenvalue weighted by atomic mass is 16.5. The Labute approximate surface area is 129 Å². The molecular formula is C19H30O2. The number of esters is 1. The number of ether oxygens (including phenoxy) is 1. The van der Waals surface area contributed by atoms with Crippen LogP contribution in [0, 0.1) is 0 Å². The van der Waals surface area contributed by atoms with Gasteiger partial charge in [-0.05, 0) is 46.4 Å². The Morgan fingerprint density at radius 3 is 1.76 bits per heavy atom. The molecule has 0 aromatic heterocycles. The van der Waals surface area contributed by atoms with Crippen molar-refractivity contribution in [2.45, 2.75) is 72.1 Å². The van der Waals surface area contributed by atoms with Gasteiger partial charge < -0.3 is 4.74 Å². The summed E-state index contributed by atoms with van der Waals surface area (Å²) in [5.74, 6) is 1.32. The normalized spacial score (nSPS) is 11.5. The van der Waals surface area contributed by atoms with Gasteiger partial charge in [0.05, 0.1) is 7.11 Å². The van der Waals surface area contributed by atoms with E-state index in [9.17, 15) is 4.79 Å². The number of benzene rings is 1. The Hall–Kier alpha value is -1.31. The molecule has 2 nitrogen and oxygen atoms in total. The van der Waals surface area contributed by atoms with E-state index >= 15 is 0 Å². The predicted octanol–water partition coefficient (Wildman–Crippen LogP) is 5.16. The van der Waals surface area contributed by atoms with E-state index in [1.807, 2.05) is 0 Å². The summed E-state index contributed by atoms with van der Waals surface area (Å²) in [5.41, 5.74) is 5.50. The lowest BCUT2D eigenvalue weighted by Crippen LogP contribution is -2.09. The number of methoxy groups -OCH3 is 1. The topological polar surface area (TPSA) is 26.3 Å². The first-order valence-electron chi connectivity index (χ1n) is 8.01. The number of hydrogen-bond donors (Lipinski definition) is 0. The summed E-state index contributed by atoms with van der Waals surface area (Å²) in [6.45, 7) is 13.4. The molecule has 0 radical (unpaired) electrons. The molecule has 0 aliphatic heterocycles. The Morgan fingerprint density at radius 1 is 0.952 bits per heavy atom. The maximum absolute atomic E-state index is 11.5. The van der Waals surface area contributed by atoms with E-state index in [0.29, 0.717) is 24.2 Å². The lowest BCUT2D eigenvalue weighted by Gasteiger charge is -2.22. The minimum Gasteiger partial charge on any atom is -0.469 e. The molecule has 0 amide bonds. The van der Waals surface area contributed by atoms with Gasteiger partial charge in [0.25, 0.3) is 0 Å².